The molecule has 1 aliphatic heterocycles. The summed E-state index contributed by atoms with van der Waals surface area (Å²) < 4.78 is 61.5. The molecule has 0 aromatic heterocycles. The number of benzene rings is 2. The van der Waals surface area contributed by atoms with E-state index < -0.39 is 38.7 Å². The van der Waals surface area contributed by atoms with E-state index in [-0.39, 0.29) is 23.5 Å². The van der Waals surface area contributed by atoms with Gasteiger partial charge in [-0.2, -0.15) is 0 Å². The van der Waals surface area contributed by atoms with Crippen LogP contribution in [-0.4, -0.2) is 64.1 Å². The first-order valence-corrected chi connectivity index (χ1v) is 12.6. The van der Waals surface area contributed by atoms with E-state index >= 15 is 0 Å². The van der Waals surface area contributed by atoms with Crippen molar-refractivity contribution in [2.24, 2.45) is 5.92 Å². The average Bonchev–Trinajstić information content (AvgIpc) is 2.79. The molecule has 3 rings (SSSR count). The van der Waals surface area contributed by atoms with Crippen LogP contribution >= 0.6 is 11.6 Å². The lowest BCUT2D eigenvalue weighted by atomic mass is 9.96. The number of nitrogens with zero attached hydrogens (tertiary/aromatic N) is 2. The number of piperazine rings is 1. The molecule has 6 nitrogen and oxygen atoms in total. The number of carbonyl (C=O) groups is 1. The van der Waals surface area contributed by atoms with Gasteiger partial charge >= 0.3 is 6.09 Å². The summed E-state index contributed by atoms with van der Waals surface area (Å²) >= 11 is 5.89. The smallest absolute Gasteiger partial charge is 0.409 e. The number of hydrogen-bond acceptors (Lipinski definition) is 5. The monoisotopic (exact) mass is 500 g/mol. The zero-order valence-electron chi connectivity index (χ0n) is 18.5. The second-order valence-corrected chi connectivity index (χ2v) is 10.6. The molecule has 0 N–H and O–H groups in total. The first kappa shape index (κ1) is 25.4. The van der Waals surface area contributed by atoms with Crippen LogP contribution in [-0.2, 0) is 14.6 Å². The lowest BCUT2D eigenvalue weighted by Gasteiger charge is -2.32. The van der Waals surface area contributed by atoms with Crippen molar-refractivity contribution in [1.29, 1.82) is 0 Å². The van der Waals surface area contributed by atoms with Gasteiger partial charge in [-0.05, 0) is 55.9 Å². The molecule has 180 valence electrons. The van der Waals surface area contributed by atoms with E-state index in [1.54, 1.807) is 11.8 Å². The molecule has 1 unspecified atom stereocenters. The lowest BCUT2D eigenvalue weighted by molar-refractivity contribution is 0.0689. The fourth-order valence-corrected chi connectivity index (χ4v) is 6.08. The van der Waals surface area contributed by atoms with E-state index in [9.17, 15) is 22.0 Å². The van der Waals surface area contributed by atoms with Crippen molar-refractivity contribution in [1.82, 2.24) is 9.80 Å². The highest BCUT2D eigenvalue weighted by molar-refractivity contribution is 7.91. The van der Waals surface area contributed by atoms with Crippen molar-refractivity contribution < 1.29 is 26.7 Å². The quantitative estimate of drug-likeness (QED) is 0.558. The first-order chi connectivity index (χ1) is 15.6. The van der Waals surface area contributed by atoms with Gasteiger partial charge in [-0.3, -0.25) is 0 Å². The van der Waals surface area contributed by atoms with Crippen LogP contribution in [0.5, 0.6) is 0 Å². The molecular weight excluding hydrogens is 474 g/mol. The third-order valence-corrected chi connectivity index (χ3v) is 8.36. The van der Waals surface area contributed by atoms with Crippen LogP contribution in [0.15, 0.2) is 47.4 Å². The van der Waals surface area contributed by atoms with Crippen LogP contribution in [0.1, 0.15) is 24.2 Å². The molecule has 33 heavy (non-hydrogen) atoms. The van der Waals surface area contributed by atoms with Crippen LogP contribution < -0.4 is 0 Å². The van der Waals surface area contributed by atoms with Gasteiger partial charge in [0, 0.05) is 42.7 Å². The fourth-order valence-electron chi connectivity index (χ4n) is 3.86. The number of rotatable bonds is 7. The minimum atomic E-state index is -4.18. The van der Waals surface area contributed by atoms with E-state index in [1.165, 1.54) is 24.3 Å². The molecule has 0 bridgehead atoms. The Morgan fingerprint density at radius 3 is 2.33 bits per heavy atom. The Bertz CT molecular complexity index is 1070. The van der Waals surface area contributed by atoms with Crippen molar-refractivity contribution in [3.8, 4) is 0 Å². The summed E-state index contributed by atoms with van der Waals surface area (Å²) in [6.07, 6.45) is -0.299. The SMILES string of the molecule is CCC(COC(=O)N1CCN(C)CC1)[C@@H](c1cc(F)ccc1F)S(=O)(=O)c1ccc(Cl)cc1. The Hall–Kier alpha value is -2.23. The van der Waals surface area contributed by atoms with Crippen molar-refractivity contribution in [3.05, 3.63) is 64.7 Å². The Balaban J connectivity index is 1.92. The standard InChI is InChI=1S/C23H27ClF2N2O4S/c1-3-16(15-32-23(29)28-12-10-27(2)11-13-28)22(20-14-18(25)6-9-21(20)26)33(30,31)19-7-4-17(24)5-8-19/h4-9,14,16,22H,3,10-13,15H2,1-2H3/t16?,22-/m0/s1. The molecule has 1 heterocycles. The Labute approximate surface area is 198 Å². The number of amides is 1. The van der Waals surface area contributed by atoms with E-state index in [0.717, 1.165) is 18.2 Å². The van der Waals surface area contributed by atoms with Crippen molar-refractivity contribution in [3.63, 3.8) is 0 Å². The van der Waals surface area contributed by atoms with Crippen LogP contribution in [0.25, 0.3) is 0 Å². The minimum absolute atomic E-state index is 0.0793. The predicted octanol–water partition coefficient (Wildman–Crippen LogP) is 4.54. The summed E-state index contributed by atoms with van der Waals surface area (Å²) in [6, 6.07) is 8.20. The zero-order valence-corrected chi connectivity index (χ0v) is 20.1. The molecule has 1 fully saturated rings. The van der Waals surface area contributed by atoms with E-state index in [0.29, 0.717) is 31.2 Å². The van der Waals surface area contributed by atoms with Gasteiger partial charge in [0.2, 0.25) is 0 Å². The van der Waals surface area contributed by atoms with Gasteiger partial charge in [0.25, 0.3) is 0 Å². The van der Waals surface area contributed by atoms with Gasteiger partial charge in [0.05, 0.1) is 16.8 Å². The Morgan fingerprint density at radius 2 is 1.73 bits per heavy atom. The highest BCUT2D eigenvalue weighted by Gasteiger charge is 2.38. The van der Waals surface area contributed by atoms with Crippen LogP contribution in [0, 0.1) is 17.6 Å². The van der Waals surface area contributed by atoms with Crippen molar-refractivity contribution >= 4 is 27.5 Å². The topological polar surface area (TPSA) is 66.9 Å². The van der Waals surface area contributed by atoms with E-state index in [4.69, 9.17) is 16.3 Å². The van der Waals surface area contributed by atoms with Crippen LogP contribution in [0.3, 0.4) is 0 Å². The van der Waals surface area contributed by atoms with Gasteiger partial charge in [0.1, 0.15) is 11.6 Å². The van der Waals surface area contributed by atoms with Crippen LogP contribution in [0.4, 0.5) is 13.6 Å². The number of halogens is 3. The zero-order chi connectivity index (χ0) is 24.2. The molecule has 2 atom stereocenters. The molecule has 1 amide bonds. The molecule has 2 aromatic rings. The lowest BCUT2D eigenvalue weighted by Crippen LogP contribution is -2.47. The normalized spacial score (nSPS) is 16.9. The first-order valence-electron chi connectivity index (χ1n) is 10.7. The molecule has 0 radical (unpaired) electrons. The highest BCUT2D eigenvalue weighted by atomic mass is 35.5. The van der Waals surface area contributed by atoms with E-state index in [1.807, 2.05) is 7.05 Å². The molecule has 0 saturated carbocycles. The molecular formula is C23H27ClF2N2O4S. The summed E-state index contributed by atoms with van der Waals surface area (Å²) in [5, 5.41) is -1.12. The second-order valence-electron chi connectivity index (χ2n) is 8.12. The molecule has 1 aliphatic rings. The van der Waals surface area contributed by atoms with Gasteiger partial charge in [-0.1, -0.05) is 18.5 Å². The van der Waals surface area contributed by atoms with Gasteiger partial charge < -0.3 is 14.5 Å². The third-order valence-electron chi connectivity index (χ3n) is 5.88. The predicted molar refractivity (Wildman–Crippen MR) is 122 cm³/mol. The number of likely N-dealkylation sites (N-methyl/N-ethyl adjacent to an activating group) is 1. The number of hydrogen-bond donors (Lipinski definition) is 0. The van der Waals surface area contributed by atoms with Crippen molar-refractivity contribution in [2.45, 2.75) is 23.5 Å². The second kappa shape index (κ2) is 10.8. The van der Waals surface area contributed by atoms with Gasteiger partial charge in [-0.15, -0.1) is 0 Å². The fraction of sp³-hybridized carbons (Fsp3) is 0.435. The van der Waals surface area contributed by atoms with Gasteiger partial charge in [-0.25, -0.2) is 22.0 Å². The van der Waals surface area contributed by atoms with E-state index in [2.05, 4.69) is 4.90 Å². The van der Waals surface area contributed by atoms with Gasteiger partial charge in [0.15, 0.2) is 9.84 Å². The number of ether oxygens (including phenoxy) is 1. The van der Waals surface area contributed by atoms with Crippen LogP contribution in [0.2, 0.25) is 5.02 Å². The third kappa shape index (κ3) is 6.02. The minimum Gasteiger partial charge on any atom is -0.449 e. The molecule has 1 saturated heterocycles. The summed E-state index contributed by atoms with van der Waals surface area (Å²) in [4.78, 5) is 16.1. The average molecular weight is 501 g/mol. The molecule has 0 aliphatic carbocycles. The van der Waals surface area contributed by atoms with Crippen molar-refractivity contribution in [2.75, 3.05) is 39.8 Å². The summed E-state index contributed by atoms with van der Waals surface area (Å²) in [7, 11) is -2.22. The number of sulfone groups is 1. The summed E-state index contributed by atoms with van der Waals surface area (Å²) in [6.45, 7) is 3.86. The summed E-state index contributed by atoms with van der Waals surface area (Å²) in [5.74, 6) is -2.41. The molecule has 10 heteroatoms. The maximum Gasteiger partial charge on any atom is 0.409 e. The Morgan fingerprint density at radius 1 is 1.09 bits per heavy atom. The maximum atomic E-state index is 14.8. The number of carbonyl (C=O) groups excluding carboxylic acids is 1. The maximum absolute atomic E-state index is 14.8. The highest BCUT2D eigenvalue weighted by Crippen LogP contribution is 2.39. The molecule has 0 spiro atoms. The summed E-state index contributed by atoms with van der Waals surface area (Å²) in [5.41, 5.74) is -0.299. The largest absolute Gasteiger partial charge is 0.449 e. The Kier molecular flexibility index (Phi) is 8.31. The molecule has 2 aromatic carbocycles.